The Kier molecular flexibility index (Phi) is 13.7. The van der Waals surface area contributed by atoms with Crippen molar-refractivity contribution < 1.29 is 47.1 Å². The Morgan fingerprint density at radius 1 is 0.797 bits per heavy atom. The lowest BCUT2D eigenvalue weighted by molar-refractivity contribution is -0.163. The Morgan fingerprint density at radius 3 is 2.14 bits per heavy atom. The lowest BCUT2D eigenvalue weighted by Gasteiger charge is -2.39. The van der Waals surface area contributed by atoms with Crippen molar-refractivity contribution in [2.45, 2.75) is 128 Å². The summed E-state index contributed by atoms with van der Waals surface area (Å²) >= 11 is 0. The molecule has 0 saturated carbocycles. The summed E-state index contributed by atoms with van der Waals surface area (Å²) in [6, 6.07) is 3.08. The molecule has 0 radical (unpaired) electrons. The van der Waals surface area contributed by atoms with Gasteiger partial charge in [0.15, 0.2) is 0 Å². The summed E-state index contributed by atoms with van der Waals surface area (Å²) in [4.78, 5) is 102. The standard InChI is InChI=1S/C43H54F2N6O8/c1-5-27-11-13-28(14-12-27)21-36(52)47-32(20-29-18-30(44)22-31(45)19-29)38(53)48-37-26(4)59-43(58)35-17-24(2)23-51(35)40(55)25(3)46-39(54)33-9-6-7-15-49(33)41(56)34-10-8-16-50(34)42(37)57/h11-14,18-19,22,24-26,32-35,37H,5-10,15-17,20-21,23H2,1-4H3,(H,46,54)(H,47,52)(H,48,53)/t24-,25-,26-,32-,33-,34-,35-,37-/m0/s1. The molecule has 59 heavy (non-hydrogen) atoms. The summed E-state index contributed by atoms with van der Waals surface area (Å²) in [5.74, 6) is -6.39. The van der Waals surface area contributed by atoms with Crippen LogP contribution in [-0.2, 0) is 57.6 Å². The van der Waals surface area contributed by atoms with Gasteiger partial charge < -0.3 is 35.4 Å². The second-order valence-corrected chi connectivity index (χ2v) is 16.4. The van der Waals surface area contributed by atoms with Gasteiger partial charge in [0.2, 0.25) is 35.4 Å². The number of aryl methyl sites for hydroxylation is 1. The molecular weight excluding hydrogens is 767 g/mol. The van der Waals surface area contributed by atoms with Crippen molar-refractivity contribution in [2.24, 2.45) is 5.92 Å². The van der Waals surface area contributed by atoms with Crippen molar-refractivity contribution in [1.82, 2.24) is 30.7 Å². The molecule has 318 valence electrons. The first-order chi connectivity index (χ1) is 28.1. The molecule has 4 fully saturated rings. The van der Waals surface area contributed by atoms with E-state index in [9.17, 15) is 42.3 Å². The SMILES string of the molecule is CCc1ccc(CC(=O)N[C@@H](Cc2cc(F)cc(F)c2)C(=O)N[C@@H]2C(=O)N3CCC[C@H]3C(=O)N3CCCC[C@H]3C(=O)N[C@@H](C)C(=O)N3C[C@@H](C)C[C@H]3C(=O)O[C@H]2C)cc1. The van der Waals surface area contributed by atoms with E-state index in [1.807, 2.05) is 26.0 Å². The Bertz CT molecular complexity index is 1930. The third-order valence-electron chi connectivity index (χ3n) is 11.8. The zero-order valence-corrected chi connectivity index (χ0v) is 34.0. The molecule has 0 aliphatic carbocycles. The first kappa shape index (κ1) is 43.2. The molecule has 3 N–H and O–H groups in total. The number of ether oxygens (including phenoxy) is 1. The molecule has 8 atom stereocenters. The molecule has 2 aromatic rings. The first-order valence-electron chi connectivity index (χ1n) is 20.7. The number of carbonyl (C=O) groups excluding carboxylic acids is 7. The van der Waals surface area contributed by atoms with Crippen LogP contribution in [0, 0.1) is 17.6 Å². The van der Waals surface area contributed by atoms with Crippen LogP contribution in [0.25, 0.3) is 0 Å². The molecule has 0 unspecified atom stereocenters. The number of hydrogen-bond donors (Lipinski definition) is 3. The average Bonchev–Trinajstić information content (AvgIpc) is 3.85. The van der Waals surface area contributed by atoms with Crippen LogP contribution in [0.5, 0.6) is 0 Å². The zero-order valence-electron chi connectivity index (χ0n) is 34.0. The molecular formula is C43H54F2N6O8. The minimum absolute atomic E-state index is 0.0544. The molecule has 4 aliphatic heterocycles. The third-order valence-corrected chi connectivity index (χ3v) is 11.8. The highest BCUT2D eigenvalue weighted by molar-refractivity contribution is 5.98. The van der Waals surface area contributed by atoms with Crippen LogP contribution in [0.3, 0.4) is 0 Å². The largest absolute Gasteiger partial charge is 0.458 e. The van der Waals surface area contributed by atoms with Crippen LogP contribution in [0.4, 0.5) is 8.78 Å². The summed E-state index contributed by atoms with van der Waals surface area (Å²) < 4.78 is 34.6. The maximum Gasteiger partial charge on any atom is 0.329 e. The number of cyclic esters (lactones) is 1. The van der Waals surface area contributed by atoms with Gasteiger partial charge in [0, 0.05) is 32.1 Å². The maximum atomic E-state index is 14.7. The number of carbonyl (C=O) groups is 7. The van der Waals surface area contributed by atoms with Gasteiger partial charge >= 0.3 is 5.97 Å². The van der Waals surface area contributed by atoms with Gasteiger partial charge in [-0.25, -0.2) is 13.6 Å². The van der Waals surface area contributed by atoms with E-state index in [0.29, 0.717) is 37.3 Å². The summed E-state index contributed by atoms with van der Waals surface area (Å²) in [6.07, 6.45) is 1.58. The van der Waals surface area contributed by atoms with E-state index < -0.39 is 95.4 Å². The molecule has 0 spiro atoms. The Morgan fingerprint density at radius 2 is 1.44 bits per heavy atom. The molecule has 0 aromatic heterocycles. The Hall–Kier alpha value is -5.41. The van der Waals surface area contributed by atoms with Crippen LogP contribution in [0.1, 0.15) is 82.9 Å². The quantitative estimate of drug-likeness (QED) is 0.341. The van der Waals surface area contributed by atoms with Gasteiger partial charge in [-0.2, -0.15) is 0 Å². The van der Waals surface area contributed by atoms with Gasteiger partial charge in [-0.05, 0) is 93.5 Å². The number of nitrogens with one attached hydrogen (secondary N) is 3. The van der Waals surface area contributed by atoms with E-state index in [0.717, 1.165) is 24.1 Å². The fraction of sp³-hybridized carbons (Fsp3) is 0.558. The van der Waals surface area contributed by atoms with E-state index in [1.165, 1.54) is 28.5 Å². The van der Waals surface area contributed by atoms with E-state index >= 15 is 0 Å². The summed E-state index contributed by atoms with van der Waals surface area (Å²) in [7, 11) is 0. The van der Waals surface area contributed by atoms with E-state index in [-0.39, 0.29) is 56.8 Å². The molecule has 0 bridgehead atoms. The summed E-state index contributed by atoms with van der Waals surface area (Å²) in [5.41, 5.74) is 1.77. The number of rotatable bonds is 8. The van der Waals surface area contributed by atoms with E-state index in [4.69, 9.17) is 4.74 Å². The van der Waals surface area contributed by atoms with Crippen LogP contribution < -0.4 is 16.0 Å². The second kappa shape index (κ2) is 18.7. The number of piperidine rings is 1. The van der Waals surface area contributed by atoms with Crippen molar-refractivity contribution in [3.63, 3.8) is 0 Å². The fourth-order valence-corrected chi connectivity index (χ4v) is 8.72. The van der Waals surface area contributed by atoms with Gasteiger partial charge in [0.25, 0.3) is 0 Å². The number of halogens is 2. The molecule has 4 aliphatic rings. The molecule has 14 nitrogen and oxygen atoms in total. The predicted octanol–water partition coefficient (Wildman–Crippen LogP) is 2.34. The smallest absolute Gasteiger partial charge is 0.329 e. The van der Waals surface area contributed by atoms with E-state index in [2.05, 4.69) is 16.0 Å². The molecule has 6 amide bonds. The van der Waals surface area contributed by atoms with Crippen molar-refractivity contribution in [3.05, 3.63) is 70.8 Å². The Balaban J connectivity index is 1.33. The topological polar surface area (TPSA) is 175 Å². The van der Waals surface area contributed by atoms with Crippen LogP contribution in [0.15, 0.2) is 42.5 Å². The highest BCUT2D eigenvalue weighted by Gasteiger charge is 2.47. The molecule has 16 heteroatoms. The molecule has 2 aromatic carbocycles. The van der Waals surface area contributed by atoms with Crippen LogP contribution in [-0.4, -0.2) is 118 Å². The highest BCUT2D eigenvalue weighted by Crippen LogP contribution is 2.29. The minimum Gasteiger partial charge on any atom is -0.458 e. The minimum atomic E-state index is -1.60. The van der Waals surface area contributed by atoms with Gasteiger partial charge in [-0.1, -0.05) is 38.1 Å². The zero-order chi connectivity index (χ0) is 42.5. The number of nitrogens with zero attached hydrogens (tertiary/aromatic N) is 3. The number of esters is 1. The molecule has 6 rings (SSSR count). The lowest BCUT2D eigenvalue weighted by atomic mass is 9.99. The van der Waals surface area contributed by atoms with Gasteiger partial charge in [0.05, 0.1) is 6.42 Å². The van der Waals surface area contributed by atoms with Crippen LogP contribution >= 0.6 is 0 Å². The van der Waals surface area contributed by atoms with Crippen molar-refractivity contribution in [1.29, 1.82) is 0 Å². The maximum absolute atomic E-state index is 14.7. The predicted molar refractivity (Wildman–Crippen MR) is 210 cm³/mol. The molecule has 4 heterocycles. The summed E-state index contributed by atoms with van der Waals surface area (Å²) in [5, 5.41) is 8.11. The van der Waals surface area contributed by atoms with Crippen molar-refractivity contribution >= 4 is 41.4 Å². The Labute approximate surface area is 342 Å². The monoisotopic (exact) mass is 820 g/mol. The second-order valence-electron chi connectivity index (χ2n) is 16.4. The number of amides is 6. The fourth-order valence-electron chi connectivity index (χ4n) is 8.72. The van der Waals surface area contributed by atoms with Gasteiger partial charge in [-0.15, -0.1) is 0 Å². The van der Waals surface area contributed by atoms with Gasteiger partial charge in [-0.3, -0.25) is 28.8 Å². The van der Waals surface area contributed by atoms with E-state index in [1.54, 1.807) is 12.1 Å². The summed E-state index contributed by atoms with van der Waals surface area (Å²) in [6.45, 7) is 7.42. The normalized spacial score (nSPS) is 27.3. The lowest BCUT2D eigenvalue weighted by Crippen LogP contribution is -2.63. The number of hydrogen-bond acceptors (Lipinski definition) is 8. The van der Waals surface area contributed by atoms with Crippen molar-refractivity contribution in [3.8, 4) is 0 Å². The third kappa shape index (κ3) is 10.1. The van der Waals surface area contributed by atoms with Gasteiger partial charge in [0.1, 0.15) is 54.0 Å². The molecule has 4 saturated heterocycles. The van der Waals surface area contributed by atoms with Crippen molar-refractivity contribution in [2.75, 3.05) is 19.6 Å². The number of fused-ring (bicyclic) bond motifs is 3. The average molecular weight is 821 g/mol. The highest BCUT2D eigenvalue weighted by atomic mass is 19.1. The first-order valence-corrected chi connectivity index (χ1v) is 20.7. The number of benzene rings is 2. The van der Waals surface area contributed by atoms with Crippen LogP contribution in [0.2, 0.25) is 0 Å².